The Morgan fingerprint density at radius 3 is 1.70 bits per heavy atom. The van der Waals surface area contributed by atoms with Crippen molar-refractivity contribution in [3.8, 4) is 0 Å². The van der Waals surface area contributed by atoms with E-state index in [2.05, 4.69) is 18.7 Å². The summed E-state index contributed by atoms with van der Waals surface area (Å²) in [4.78, 5) is 2.23. The zero-order valence-corrected chi connectivity index (χ0v) is 17.3. The van der Waals surface area contributed by atoms with E-state index in [1.807, 2.05) is 0 Å². The smallest absolute Gasteiger partial charge is 0.299 e. The lowest BCUT2D eigenvalue weighted by Crippen LogP contribution is -2.27. The van der Waals surface area contributed by atoms with Gasteiger partial charge in [0.15, 0.2) is 0 Å². The maximum absolute atomic E-state index is 13.3. The molecular formula is C23H38F3N. The monoisotopic (exact) mass is 385 g/mol. The molecule has 1 rings (SSSR count). The summed E-state index contributed by atoms with van der Waals surface area (Å²) in [6.07, 6.45) is 8.91. The van der Waals surface area contributed by atoms with Gasteiger partial charge in [0, 0.05) is 6.54 Å². The Bertz CT molecular complexity index is 485. The summed E-state index contributed by atoms with van der Waals surface area (Å²) in [5.74, 6) is 0. The first-order chi connectivity index (χ1) is 13.0. The van der Waals surface area contributed by atoms with Gasteiger partial charge in [0.25, 0.3) is 0 Å². The number of alkyl halides is 3. The van der Waals surface area contributed by atoms with E-state index in [1.165, 1.54) is 69.9 Å². The van der Waals surface area contributed by atoms with Gasteiger partial charge in [-0.3, -0.25) is 4.90 Å². The third-order valence-corrected chi connectivity index (χ3v) is 5.12. The van der Waals surface area contributed by atoms with E-state index in [0.717, 1.165) is 25.9 Å². The van der Waals surface area contributed by atoms with Gasteiger partial charge in [-0.1, -0.05) is 89.8 Å². The highest BCUT2D eigenvalue weighted by Crippen LogP contribution is 2.32. The van der Waals surface area contributed by atoms with Crippen LogP contribution in [0.3, 0.4) is 0 Å². The first-order valence-electron chi connectivity index (χ1n) is 10.9. The highest BCUT2D eigenvalue weighted by Gasteiger charge is 2.33. The molecule has 0 saturated carbocycles. The van der Waals surface area contributed by atoms with Crippen LogP contribution in [0.2, 0.25) is 0 Å². The topological polar surface area (TPSA) is 3.24 Å². The van der Waals surface area contributed by atoms with Crippen molar-refractivity contribution in [2.45, 2.75) is 97.2 Å². The van der Waals surface area contributed by atoms with Crippen LogP contribution in [-0.4, -0.2) is 18.0 Å². The van der Waals surface area contributed by atoms with Gasteiger partial charge in [-0.2, -0.15) is 13.2 Å². The third kappa shape index (κ3) is 10.8. The summed E-state index contributed by atoms with van der Waals surface area (Å²) < 4.78 is 39.9. The molecule has 0 aromatic heterocycles. The van der Waals surface area contributed by atoms with Crippen LogP contribution in [-0.2, 0) is 12.7 Å². The molecule has 0 radical (unpaired) electrons. The van der Waals surface area contributed by atoms with E-state index in [-0.39, 0.29) is 0 Å². The largest absolute Gasteiger partial charge is 0.416 e. The number of hydrogen-bond acceptors (Lipinski definition) is 1. The average molecular weight is 386 g/mol. The van der Waals surface area contributed by atoms with Gasteiger partial charge in [-0.15, -0.1) is 0 Å². The summed E-state index contributed by atoms with van der Waals surface area (Å²) in [7, 11) is 0. The number of halogens is 3. The normalized spacial score (nSPS) is 12.1. The molecule has 0 atom stereocenters. The first-order valence-corrected chi connectivity index (χ1v) is 10.9. The maximum Gasteiger partial charge on any atom is 0.416 e. The minimum atomic E-state index is -4.27. The van der Waals surface area contributed by atoms with E-state index in [4.69, 9.17) is 0 Å². The van der Waals surface area contributed by atoms with Crippen LogP contribution < -0.4 is 0 Å². The molecule has 4 heteroatoms. The van der Waals surface area contributed by atoms with Gasteiger partial charge in [0.1, 0.15) is 0 Å². The number of benzene rings is 1. The minimum absolute atomic E-state index is 0.401. The predicted octanol–water partition coefficient (Wildman–Crippen LogP) is 7.84. The molecule has 0 aliphatic rings. The summed E-state index contributed by atoms with van der Waals surface area (Å²) in [6.45, 7) is 6.59. The Balaban J connectivity index is 2.59. The fourth-order valence-electron chi connectivity index (χ4n) is 3.50. The van der Waals surface area contributed by atoms with E-state index >= 15 is 0 Å². The Hall–Kier alpha value is -1.03. The van der Waals surface area contributed by atoms with Crippen LogP contribution in [0.15, 0.2) is 24.3 Å². The van der Waals surface area contributed by atoms with Gasteiger partial charge < -0.3 is 0 Å². The Morgan fingerprint density at radius 1 is 0.704 bits per heavy atom. The fourth-order valence-corrected chi connectivity index (χ4v) is 3.50. The number of rotatable bonds is 15. The molecule has 0 N–H and O–H groups in total. The van der Waals surface area contributed by atoms with E-state index < -0.39 is 11.7 Å². The zero-order chi connectivity index (χ0) is 20.0. The SMILES string of the molecule is CCCCCCCCN(CCCCCCC)Cc1ccccc1C(F)(F)F. The summed E-state index contributed by atoms with van der Waals surface area (Å²) in [5, 5.41) is 0. The van der Waals surface area contributed by atoms with Crippen molar-refractivity contribution in [3.63, 3.8) is 0 Å². The number of hydrogen-bond donors (Lipinski definition) is 0. The van der Waals surface area contributed by atoms with Crippen LogP contribution in [0.1, 0.15) is 95.6 Å². The van der Waals surface area contributed by atoms with Crippen LogP contribution in [0, 0.1) is 0 Å². The Labute approximate surface area is 164 Å². The van der Waals surface area contributed by atoms with Gasteiger partial charge in [-0.05, 0) is 37.6 Å². The standard InChI is InChI=1S/C23H38F3N/c1-3-5-7-9-11-15-19-27(18-14-10-8-6-4-2)20-21-16-12-13-17-22(21)23(24,25)26/h12-13,16-17H,3-11,14-15,18-20H2,1-2H3. The van der Waals surface area contributed by atoms with Crippen LogP contribution in [0.4, 0.5) is 13.2 Å². The summed E-state index contributed by atoms with van der Waals surface area (Å²) >= 11 is 0. The van der Waals surface area contributed by atoms with Crippen molar-refractivity contribution in [3.05, 3.63) is 35.4 Å². The van der Waals surface area contributed by atoms with Gasteiger partial charge in [-0.25, -0.2) is 0 Å². The Kier molecular flexibility index (Phi) is 12.5. The van der Waals surface area contributed by atoms with Crippen molar-refractivity contribution >= 4 is 0 Å². The highest BCUT2D eigenvalue weighted by molar-refractivity contribution is 5.29. The third-order valence-electron chi connectivity index (χ3n) is 5.12. The van der Waals surface area contributed by atoms with Gasteiger partial charge in [0.2, 0.25) is 0 Å². The van der Waals surface area contributed by atoms with E-state index in [1.54, 1.807) is 12.1 Å². The molecule has 0 aliphatic carbocycles. The molecule has 0 unspecified atom stereocenters. The van der Waals surface area contributed by atoms with Crippen LogP contribution >= 0.6 is 0 Å². The van der Waals surface area contributed by atoms with Crippen LogP contribution in [0.5, 0.6) is 0 Å². The summed E-state index contributed by atoms with van der Waals surface area (Å²) in [5.41, 5.74) is -0.0755. The van der Waals surface area contributed by atoms with E-state index in [0.29, 0.717) is 12.1 Å². The molecule has 0 saturated heterocycles. The molecule has 0 amide bonds. The molecule has 1 aromatic rings. The maximum atomic E-state index is 13.3. The van der Waals surface area contributed by atoms with Crippen LogP contribution in [0.25, 0.3) is 0 Å². The second-order valence-electron chi connectivity index (χ2n) is 7.61. The molecule has 27 heavy (non-hydrogen) atoms. The lowest BCUT2D eigenvalue weighted by Gasteiger charge is -2.24. The molecule has 1 nitrogen and oxygen atoms in total. The molecule has 0 spiro atoms. The minimum Gasteiger partial charge on any atom is -0.299 e. The second kappa shape index (κ2) is 14.0. The number of unbranched alkanes of at least 4 members (excludes halogenated alkanes) is 9. The summed E-state index contributed by atoms with van der Waals surface area (Å²) in [6, 6.07) is 6.04. The molecule has 0 bridgehead atoms. The van der Waals surface area contributed by atoms with Crippen molar-refractivity contribution < 1.29 is 13.2 Å². The number of nitrogens with zero attached hydrogens (tertiary/aromatic N) is 1. The lowest BCUT2D eigenvalue weighted by atomic mass is 10.1. The van der Waals surface area contributed by atoms with Gasteiger partial charge in [0.05, 0.1) is 5.56 Å². The van der Waals surface area contributed by atoms with Crippen molar-refractivity contribution in [1.29, 1.82) is 0 Å². The van der Waals surface area contributed by atoms with Crippen molar-refractivity contribution in [2.75, 3.05) is 13.1 Å². The predicted molar refractivity (Wildman–Crippen MR) is 109 cm³/mol. The Morgan fingerprint density at radius 2 is 1.19 bits per heavy atom. The first kappa shape index (κ1) is 24.0. The molecule has 0 fully saturated rings. The highest BCUT2D eigenvalue weighted by atomic mass is 19.4. The zero-order valence-electron chi connectivity index (χ0n) is 17.3. The second-order valence-corrected chi connectivity index (χ2v) is 7.61. The lowest BCUT2D eigenvalue weighted by molar-refractivity contribution is -0.138. The molecule has 0 heterocycles. The quantitative estimate of drug-likeness (QED) is 0.278. The average Bonchev–Trinajstić information content (AvgIpc) is 2.63. The fraction of sp³-hybridized carbons (Fsp3) is 0.739. The van der Waals surface area contributed by atoms with Crippen molar-refractivity contribution in [2.24, 2.45) is 0 Å². The molecular weight excluding hydrogens is 347 g/mol. The van der Waals surface area contributed by atoms with Crippen molar-refractivity contribution in [1.82, 2.24) is 4.90 Å². The molecule has 0 aliphatic heterocycles. The van der Waals surface area contributed by atoms with E-state index in [9.17, 15) is 13.2 Å². The molecule has 1 aromatic carbocycles. The molecule has 156 valence electrons. The van der Waals surface area contributed by atoms with Gasteiger partial charge >= 0.3 is 6.18 Å².